The molecule has 112 valence electrons. The second kappa shape index (κ2) is 8.12. The van der Waals surface area contributed by atoms with Gasteiger partial charge in [0.15, 0.2) is 0 Å². The lowest BCUT2D eigenvalue weighted by molar-refractivity contribution is 0.106. The summed E-state index contributed by atoms with van der Waals surface area (Å²) in [6.07, 6.45) is 1.29. The first-order chi connectivity index (χ1) is 10.1. The largest absolute Gasteiger partial charge is 0.491 e. The first-order valence-corrected chi connectivity index (χ1v) is 7.61. The predicted molar refractivity (Wildman–Crippen MR) is 86.3 cm³/mol. The Balaban J connectivity index is 1.66. The van der Waals surface area contributed by atoms with Crippen molar-refractivity contribution in [3.8, 4) is 5.75 Å². The Morgan fingerprint density at radius 3 is 2.67 bits per heavy atom. The molecule has 1 atom stereocenters. The maximum atomic E-state index is 9.87. The molecule has 0 spiro atoms. The Morgan fingerprint density at radius 2 is 2.00 bits per heavy atom. The van der Waals surface area contributed by atoms with Gasteiger partial charge in [-0.15, -0.1) is 0 Å². The van der Waals surface area contributed by atoms with Gasteiger partial charge in [-0.2, -0.15) is 0 Å². The average Bonchev–Trinajstić information content (AvgIpc) is 2.49. The third kappa shape index (κ3) is 5.83. The van der Waals surface area contributed by atoms with Crippen LogP contribution in [-0.2, 0) is 6.54 Å². The number of pyridine rings is 1. The normalized spacial score (nSPS) is 12.1. The summed E-state index contributed by atoms with van der Waals surface area (Å²) < 4.78 is 6.52. The Hall–Kier alpha value is -1.43. The SMILES string of the molecule is Cc1ccc(CNCC(O)COc2ccc(Br)cc2)cn1. The van der Waals surface area contributed by atoms with Gasteiger partial charge in [0, 0.05) is 29.5 Å². The van der Waals surface area contributed by atoms with E-state index in [1.807, 2.05) is 49.5 Å². The Labute approximate surface area is 133 Å². The minimum atomic E-state index is -0.549. The van der Waals surface area contributed by atoms with Crippen LogP contribution in [0.25, 0.3) is 0 Å². The van der Waals surface area contributed by atoms with Crippen LogP contribution >= 0.6 is 15.9 Å². The fourth-order valence-corrected chi connectivity index (χ4v) is 2.03. The molecule has 0 aliphatic heterocycles. The minimum Gasteiger partial charge on any atom is -0.491 e. The number of hydrogen-bond acceptors (Lipinski definition) is 4. The summed E-state index contributed by atoms with van der Waals surface area (Å²) in [6, 6.07) is 11.5. The summed E-state index contributed by atoms with van der Waals surface area (Å²) in [5.41, 5.74) is 2.10. The van der Waals surface area contributed by atoms with Crippen molar-refractivity contribution in [1.29, 1.82) is 0 Å². The zero-order chi connectivity index (χ0) is 15.1. The maximum Gasteiger partial charge on any atom is 0.119 e. The fraction of sp³-hybridized carbons (Fsp3) is 0.312. The number of benzene rings is 1. The molecule has 21 heavy (non-hydrogen) atoms. The lowest BCUT2D eigenvalue weighted by atomic mass is 10.2. The van der Waals surface area contributed by atoms with Crippen molar-refractivity contribution in [1.82, 2.24) is 10.3 Å². The Bertz CT molecular complexity index is 543. The molecular weight excluding hydrogens is 332 g/mol. The highest BCUT2D eigenvalue weighted by Crippen LogP contribution is 2.16. The number of hydrogen-bond donors (Lipinski definition) is 2. The monoisotopic (exact) mass is 350 g/mol. The number of nitrogens with one attached hydrogen (secondary N) is 1. The second-order valence-corrected chi connectivity index (χ2v) is 5.77. The standard InChI is InChI=1S/C16H19BrN2O2/c1-12-2-3-13(9-19-12)8-18-10-15(20)11-21-16-6-4-14(17)5-7-16/h2-7,9,15,18,20H,8,10-11H2,1H3. The molecule has 2 N–H and O–H groups in total. The fourth-order valence-electron chi connectivity index (χ4n) is 1.77. The summed E-state index contributed by atoms with van der Waals surface area (Å²) in [6.45, 7) is 3.38. The van der Waals surface area contributed by atoms with Crippen LogP contribution in [0.1, 0.15) is 11.3 Å². The van der Waals surface area contributed by atoms with E-state index in [1.165, 1.54) is 0 Å². The molecular formula is C16H19BrN2O2. The van der Waals surface area contributed by atoms with E-state index in [4.69, 9.17) is 4.74 Å². The molecule has 0 aliphatic carbocycles. The molecule has 2 aromatic rings. The van der Waals surface area contributed by atoms with Crippen molar-refractivity contribution < 1.29 is 9.84 Å². The van der Waals surface area contributed by atoms with Crippen LogP contribution < -0.4 is 10.1 Å². The summed E-state index contributed by atoms with van der Waals surface area (Å²) >= 11 is 3.37. The predicted octanol–water partition coefficient (Wildman–Crippen LogP) is 2.68. The van der Waals surface area contributed by atoms with Crippen molar-refractivity contribution in [2.45, 2.75) is 19.6 Å². The first-order valence-electron chi connectivity index (χ1n) is 6.82. The summed E-state index contributed by atoms with van der Waals surface area (Å²) in [7, 11) is 0. The highest BCUT2D eigenvalue weighted by Gasteiger charge is 2.05. The lowest BCUT2D eigenvalue weighted by Gasteiger charge is -2.13. The molecule has 1 aromatic heterocycles. The Morgan fingerprint density at radius 1 is 1.24 bits per heavy atom. The average molecular weight is 351 g/mol. The van der Waals surface area contributed by atoms with Gasteiger partial charge in [-0.05, 0) is 42.8 Å². The van der Waals surface area contributed by atoms with Crippen LogP contribution in [0, 0.1) is 6.92 Å². The molecule has 4 nitrogen and oxygen atoms in total. The molecule has 0 aliphatic rings. The van der Waals surface area contributed by atoms with E-state index >= 15 is 0 Å². The van der Waals surface area contributed by atoms with Gasteiger partial charge in [0.25, 0.3) is 0 Å². The number of aliphatic hydroxyl groups is 1. The van der Waals surface area contributed by atoms with Gasteiger partial charge in [-0.25, -0.2) is 0 Å². The van der Waals surface area contributed by atoms with E-state index in [1.54, 1.807) is 0 Å². The van der Waals surface area contributed by atoms with Crippen molar-refractivity contribution in [3.05, 3.63) is 58.3 Å². The number of ether oxygens (including phenoxy) is 1. The lowest BCUT2D eigenvalue weighted by Crippen LogP contribution is -2.31. The number of aliphatic hydroxyl groups excluding tert-OH is 1. The molecule has 0 fully saturated rings. The van der Waals surface area contributed by atoms with E-state index < -0.39 is 6.10 Å². The topological polar surface area (TPSA) is 54.4 Å². The molecule has 1 unspecified atom stereocenters. The van der Waals surface area contributed by atoms with E-state index in [2.05, 4.69) is 26.2 Å². The molecule has 5 heteroatoms. The van der Waals surface area contributed by atoms with Gasteiger partial charge in [-0.1, -0.05) is 22.0 Å². The van der Waals surface area contributed by atoms with Crippen LogP contribution in [0.15, 0.2) is 47.1 Å². The van der Waals surface area contributed by atoms with Gasteiger partial charge < -0.3 is 15.2 Å². The molecule has 0 bridgehead atoms. The van der Waals surface area contributed by atoms with E-state index in [0.717, 1.165) is 21.5 Å². The number of aromatic nitrogens is 1. The van der Waals surface area contributed by atoms with Crippen molar-refractivity contribution in [2.24, 2.45) is 0 Å². The zero-order valence-electron chi connectivity index (χ0n) is 11.9. The van der Waals surface area contributed by atoms with E-state index in [-0.39, 0.29) is 6.61 Å². The third-order valence-electron chi connectivity index (χ3n) is 2.94. The molecule has 0 saturated heterocycles. The molecule has 0 radical (unpaired) electrons. The summed E-state index contributed by atoms with van der Waals surface area (Å²) in [4.78, 5) is 4.23. The molecule has 0 saturated carbocycles. The number of nitrogens with zero attached hydrogens (tertiary/aromatic N) is 1. The first kappa shape index (κ1) is 15.9. The van der Waals surface area contributed by atoms with Crippen LogP contribution in [0.2, 0.25) is 0 Å². The van der Waals surface area contributed by atoms with E-state index in [0.29, 0.717) is 13.1 Å². The van der Waals surface area contributed by atoms with Crippen molar-refractivity contribution in [2.75, 3.05) is 13.2 Å². The number of aryl methyl sites for hydroxylation is 1. The van der Waals surface area contributed by atoms with Crippen LogP contribution in [0.5, 0.6) is 5.75 Å². The van der Waals surface area contributed by atoms with Crippen LogP contribution in [-0.4, -0.2) is 29.3 Å². The highest BCUT2D eigenvalue weighted by atomic mass is 79.9. The Kier molecular flexibility index (Phi) is 6.17. The van der Waals surface area contributed by atoms with E-state index in [9.17, 15) is 5.11 Å². The zero-order valence-corrected chi connectivity index (χ0v) is 13.5. The highest BCUT2D eigenvalue weighted by molar-refractivity contribution is 9.10. The molecule has 1 aromatic carbocycles. The van der Waals surface area contributed by atoms with Crippen LogP contribution in [0.4, 0.5) is 0 Å². The van der Waals surface area contributed by atoms with Crippen molar-refractivity contribution in [3.63, 3.8) is 0 Å². The quantitative estimate of drug-likeness (QED) is 0.805. The number of rotatable bonds is 7. The van der Waals surface area contributed by atoms with Crippen LogP contribution in [0.3, 0.4) is 0 Å². The minimum absolute atomic E-state index is 0.265. The molecule has 0 amide bonds. The summed E-state index contributed by atoms with van der Waals surface area (Å²) in [5.74, 6) is 0.750. The van der Waals surface area contributed by atoms with Gasteiger partial charge in [0.2, 0.25) is 0 Å². The van der Waals surface area contributed by atoms with Gasteiger partial charge >= 0.3 is 0 Å². The van der Waals surface area contributed by atoms with Gasteiger partial charge in [0.05, 0.1) is 0 Å². The van der Waals surface area contributed by atoms with Crippen molar-refractivity contribution >= 4 is 15.9 Å². The third-order valence-corrected chi connectivity index (χ3v) is 3.47. The smallest absolute Gasteiger partial charge is 0.119 e. The number of halogens is 1. The second-order valence-electron chi connectivity index (χ2n) is 4.86. The van der Waals surface area contributed by atoms with Gasteiger partial charge in [0.1, 0.15) is 18.5 Å². The summed E-state index contributed by atoms with van der Waals surface area (Å²) in [5, 5.41) is 13.1. The maximum absolute atomic E-state index is 9.87. The molecule has 1 heterocycles. The molecule has 2 rings (SSSR count). The van der Waals surface area contributed by atoms with Gasteiger partial charge in [-0.3, -0.25) is 4.98 Å².